The van der Waals surface area contributed by atoms with Crippen LogP contribution in [0.25, 0.3) is 5.76 Å². The van der Waals surface area contributed by atoms with Crippen LogP contribution in [0.1, 0.15) is 49.3 Å². The van der Waals surface area contributed by atoms with E-state index in [-0.39, 0.29) is 28.1 Å². The number of aromatic hydroxyl groups is 1. The van der Waals surface area contributed by atoms with E-state index >= 15 is 0 Å². The zero-order valence-electron chi connectivity index (χ0n) is 17.2. The molecule has 0 spiro atoms. The van der Waals surface area contributed by atoms with Crippen molar-refractivity contribution in [3.8, 4) is 11.5 Å². The summed E-state index contributed by atoms with van der Waals surface area (Å²) in [7, 11) is 1.51. The van der Waals surface area contributed by atoms with Crippen LogP contribution < -0.4 is 4.74 Å². The minimum atomic E-state index is -0.785. The lowest BCUT2D eigenvalue weighted by Crippen LogP contribution is -2.40. The Morgan fingerprint density at radius 1 is 1.10 bits per heavy atom. The van der Waals surface area contributed by atoms with E-state index in [9.17, 15) is 19.8 Å². The number of methoxy groups -OCH3 is 1. The normalized spacial score (nSPS) is 21.5. The number of nitrogens with zero attached hydrogens (tertiary/aromatic N) is 1. The summed E-state index contributed by atoms with van der Waals surface area (Å²) < 4.78 is 5.23. The third-order valence-corrected chi connectivity index (χ3v) is 6.38. The molecule has 1 atom stereocenters. The van der Waals surface area contributed by atoms with Crippen LogP contribution in [0.4, 0.5) is 0 Å². The van der Waals surface area contributed by atoms with Crippen molar-refractivity contribution in [1.82, 2.24) is 4.90 Å². The molecule has 2 aromatic rings. The van der Waals surface area contributed by atoms with Gasteiger partial charge < -0.3 is 19.8 Å². The minimum absolute atomic E-state index is 0.0191. The molecule has 162 valence electrons. The topological polar surface area (TPSA) is 87.1 Å². The van der Waals surface area contributed by atoms with Gasteiger partial charge in [0.2, 0.25) is 0 Å². The lowest BCUT2D eigenvalue weighted by molar-refractivity contribution is -0.141. The average molecular weight is 442 g/mol. The number of ketones is 1. The monoisotopic (exact) mass is 441 g/mol. The Balaban J connectivity index is 1.89. The predicted molar refractivity (Wildman–Crippen MR) is 117 cm³/mol. The molecular formula is C24H24ClNO5. The number of rotatable bonds is 4. The van der Waals surface area contributed by atoms with Gasteiger partial charge in [0.25, 0.3) is 11.7 Å². The highest BCUT2D eigenvalue weighted by atomic mass is 35.5. The first-order valence-corrected chi connectivity index (χ1v) is 10.7. The summed E-state index contributed by atoms with van der Waals surface area (Å²) in [6.07, 6.45) is 4.65. The molecule has 2 N–H and O–H groups in total. The van der Waals surface area contributed by atoms with E-state index in [4.69, 9.17) is 16.3 Å². The van der Waals surface area contributed by atoms with Gasteiger partial charge in [0.05, 0.1) is 23.7 Å². The number of benzene rings is 2. The summed E-state index contributed by atoms with van der Waals surface area (Å²) >= 11 is 6.15. The van der Waals surface area contributed by atoms with E-state index < -0.39 is 17.7 Å². The van der Waals surface area contributed by atoms with Gasteiger partial charge in [-0.2, -0.15) is 0 Å². The molecule has 1 heterocycles. The standard InChI is InChI=1S/C24H24ClNO5/c1-31-17-9-5-6-15(12-17)22(28)20-21(14-10-11-19(27)18(25)13-14)26(24(30)23(20)29)16-7-3-2-4-8-16/h5-6,9-13,16,21,27-28H,2-4,7-8H2,1H3/b22-20-. The van der Waals surface area contributed by atoms with Crippen molar-refractivity contribution in [1.29, 1.82) is 0 Å². The van der Waals surface area contributed by atoms with Crippen LogP contribution in [0.5, 0.6) is 11.5 Å². The lowest BCUT2D eigenvalue weighted by Gasteiger charge is -2.35. The molecule has 0 bridgehead atoms. The third kappa shape index (κ3) is 3.88. The number of amides is 1. The van der Waals surface area contributed by atoms with Gasteiger partial charge in [0.1, 0.15) is 17.3 Å². The lowest BCUT2D eigenvalue weighted by atomic mass is 9.91. The number of phenolic OH excluding ortho intramolecular Hbond substituents is 1. The number of likely N-dealkylation sites (tertiary alicyclic amines) is 1. The average Bonchev–Trinajstić information content (AvgIpc) is 3.06. The van der Waals surface area contributed by atoms with Gasteiger partial charge >= 0.3 is 0 Å². The summed E-state index contributed by atoms with van der Waals surface area (Å²) in [6, 6.07) is 10.4. The first-order valence-electron chi connectivity index (χ1n) is 10.4. The number of aliphatic hydroxyl groups is 1. The number of ether oxygens (including phenoxy) is 1. The number of aliphatic hydroxyl groups excluding tert-OH is 1. The van der Waals surface area contributed by atoms with Crippen molar-refractivity contribution >= 4 is 29.1 Å². The SMILES string of the molecule is COc1cccc(/C(O)=C2/C(=O)C(=O)N(C3CCCCC3)C2c2ccc(O)c(Cl)c2)c1. The molecule has 6 nitrogen and oxygen atoms in total. The minimum Gasteiger partial charge on any atom is -0.507 e. The summed E-state index contributed by atoms with van der Waals surface area (Å²) in [5.41, 5.74) is 0.971. The number of Topliss-reactive ketones (excluding diaryl/α,β-unsaturated/α-hetero) is 1. The molecule has 7 heteroatoms. The van der Waals surface area contributed by atoms with E-state index in [2.05, 4.69) is 0 Å². The fraction of sp³-hybridized carbons (Fsp3) is 0.333. The highest BCUT2D eigenvalue weighted by molar-refractivity contribution is 6.46. The summed E-state index contributed by atoms with van der Waals surface area (Å²) in [5, 5.41) is 21.1. The number of hydrogen-bond donors (Lipinski definition) is 2. The third-order valence-electron chi connectivity index (χ3n) is 6.08. The largest absolute Gasteiger partial charge is 0.507 e. The molecule has 2 aliphatic rings. The van der Waals surface area contributed by atoms with Crippen LogP contribution in [0, 0.1) is 0 Å². The van der Waals surface area contributed by atoms with E-state index in [1.165, 1.54) is 13.2 Å². The van der Waals surface area contributed by atoms with Crippen molar-refractivity contribution < 1.29 is 24.5 Å². The molecule has 1 amide bonds. The quantitative estimate of drug-likeness (QED) is 0.404. The van der Waals surface area contributed by atoms with Crippen molar-refractivity contribution in [3.05, 3.63) is 64.2 Å². The zero-order chi connectivity index (χ0) is 22.1. The van der Waals surface area contributed by atoms with E-state index in [0.717, 1.165) is 32.1 Å². The molecule has 1 aliphatic carbocycles. The number of hydrogen-bond acceptors (Lipinski definition) is 5. The van der Waals surface area contributed by atoms with Gasteiger partial charge in [0.15, 0.2) is 0 Å². The molecule has 1 aliphatic heterocycles. The molecule has 31 heavy (non-hydrogen) atoms. The summed E-state index contributed by atoms with van der Waals surface area (Å²) in [4.78, 5) is 27.9. The first-order chi connectivity index (χ1) is 14.9. The fourth-order valence-corrected chi connectivity index (χ4v) is 4.72. The highest BCUT2D eigenvalue weighted by Gasteiger charge is 2.49. The molecule has 1 saturated carbocycles. The van der Waals surface area contributed by atoms with Crippen molar-refractivity contribution in [2.45, 2.75) is 44.2 Å². The number of carbonyl (C=O) groups is 2. The Bertz CT molecular complexity index is 1060. The molecule has 1 unspecified atom stereocenters. The fourth-order valence-electron chi connectivity index (χ4n) is 4.53. The molecule has 4 rings (SSSR count). The van der Waals surface area contributed by atoms with Gasteiger partial charge in [-0.05, 0) is 42.7 Å². The van der Waals surface area contributed by atoms with Gasteiger partial charge in [0, 0.05) is 11.6 Å². The number of carbonyl (C=O) groups excluding carboxylic acids is 2. The molecule has 1 saturated heterocycles. The van der Waals surface area contributed by atoms with Crippen LogP contribution in [0.2, 0.25) is 5.02 Å². The Labute approximate surface area is 185 Å². The Kier molecular flexibility index (Phi) is 5.92. The van der Waals surface area contributed by atoms with Crippen LogP contribution in [0.15, 0.2) is 48.0 Å². The smallest absolute Gasteiger partial charge is 0.295 e. The molecule has 2 aromatic carbocycles. The molecule has 0 radical (unpaired) electrons. The van der Waals surface area contributed by atoms with Crippen LogP contribution in [0.3, 0.4) is 0 Å². The Morgan fingerprint density at radius 3 is 2.52 bits per heavy atom. The Morgan fingerprint density at radius 2 is 1.84 bits per heavy atom. The maximum Gasteiger partial charge on any atom is 0.295 e. The second kappa shape index (κ2) is 8.63. The van der Waals surface area contributed by atoms with Crippen molar-refractivity contribution in [2.24, 2.45) is 0 Å². The summed E-state index contributed by atoms with van der Waals surface area (Å²) in [5.74, 6) is -1.17. The maximum atomic E-state index is 13.1. The van der Waals surface area contributed by atoms with Crippen molar-refractivity contribution in [2.75, 3.05) is 7.11 Å². The predicted octanol–water partition coefficient (Wildman–Crippen LogP) is 4.81. The van der Waals surface area contributed by atoms with E-state index in [1.54, 1.807) is 41.3 Å². The highest BCUT2D eigenvalue weighted by Crippen LogP contribution is 2.44. The number of halogens is 1. The molecule has 0 aromatic heterocycles. The first kappa shape index (κ1) is 21.2. The van der Waals surface area contributed by atoms with Gasteiger partial charge in [-0.3, -0.25) is 9.59 Å². The summed E-state index contributed by atoms with van der Waals surface area (Å²) in [6.45, 7) is 0. The Hall–Kier alpha value is -2.99. The second-order valence-electron chi connectivity index (χ2n) is 7.94. The van der Waals surface area contributed by atoms with Crippen molar-refractivity contribution in [3.63, 3.8) is 0 Å². The van der Waals surface area contributed by atoms with Gasteiger partial charge in [-0.1, -0.05) is 49.1 Å². The molecule has 2 fully saturated rings. The maximum absolute atomic E-state index is 13.1. The second-order valence-corrected chi connectivity index (χ2v) is 8.35. The van der Waals surface area contributed by atoms with E-state index in [0.29, 0.717) is 16.9 Å². The van der Waals surface area contributed by atoms with Crippen LogP contribution >= 0.6 is 11.6 Å². The van der Waals surface area contributed by atoms with E-state index in [1.807, 2.05) is 0 Å². The number of phenols is 1. The van der Waals surface area contributed by atoms with Gasteiger partial charge in [-0.25, -0.2) is 0 Å². The van der Waals surface area contributed by atoms with Crippen LogP contribution in [-0.4, -0.2) is 40.0 Å². The van der Waals surface area contributed by atoms with Crippen LogP contribution in [-0.2, 0) is 9.59 Å². The zero-order valence-corrected chi connectivity index (χ0v) is 17.9. The molecular weight excluding hydrogens is 418 g/mol. The van der Waals surface area contributed by atoms with Gasteiger partial charge in [-0.15, -0.1) is 0 Å².